The number of fused-ring (bicyclic) bond motifs is 2. The third-order valence-corrected chi connectivity index (χ3v) is 6.72. The Kier molecular flexibility index (Phi) is 7.78. The van der Waals surface area contributed by atoms with Gasteiger partial charge in [-0.25, -0.2) is 0 Å². The summed E-state index contributed by atoms with van der Waals surface area (Å²) >= 11 is 0. The van der Waals surface area contributed by atoms with Crippen LogP contribution >= 0.6 is 0 Å². The van der Waals surface area contributed by atoms with Crippen molar-refractivity contribution >= 4 is 17.3 Å². The van der Waals surface area contributed by atoms with Crippen molar-refractivity contribution in [3.8, 4) is 0 Å². The smallest absolute Gasteiger partial charge is 0.416 e. The van der Waals surface area contributed by atoms with E-state index in [-0.39, 0.29) is 5.97 Å². The monoisotopic (exact) mass is 475 g/mol. The second-order valence-electron chi connectivity index (χ2n) is 9.00. The zero-order chi connectivity index (χ0) is 24.1. The molecule has 0 aromatic heterocycles. The van der Waals surface area contributed by atoms with E-state index in [4.69, 9.17) is 4.74 Å². The molecule has 2 aromatic carbocycles. The third kappa shape index (κ3) is 5.91. The minimum Gasteiger partial charge on any atom is -0.465 e. The molecule has 1 unspecified atom stereocenters. The average Bonchev–Trinajstić information content (AvgIpc) is 2.96. The molecule has 2 aliphatic heterocycles. The maximum Gasteiger partial charge on any atom is 0.416 e. The van der Waals surface area contributed by atoms with Crippen LogP contribution in [0.25, 0.3) is 0 Å². The number of benzene rings is 2. The predicted molar refractivity (Wildman–Crippen MR) is 126 cm³/mol. The molecule has 1 N–H and O–H groups in total. The molecule has 2 heterocycles. The summed E-state index contributed by atoms with van der Waals surface area (Å²) in [5, 5.41) is 3.43. The van der Waals surface area contributed by atoms with Crippen molar-refractivity contribution < 1.29 is 22.7 Å². The summed E-state index contributed by atoms with van der Waals surface area (Å²) in [7, 11) is 0. The lowest BCUT2D eigenvalue weighted by molar-refractivity contribution is -0.141. The summed E-state index contributed by atoms with van der Waals surface area (Å²) in [6.45, 7) is 5.75. The van der Waals surface area contributed by atoms with Gasteiger partial charge in [0.2, 0.25) is 0 Å². The number of aryl methyl sites for hydroxylation is 2. The number of carbonyl (C=O) groups is 1. The number of carbonyl (C=O) groups excluding carboxylic acids is 1. The highest BCUT2D eigenvalue weighted by Crippen LogP contribution is 2.40. The van der Waals surface area contributed by atoms with Gasteiger partial charge in [0.15, 0.2) is 0 Å². The fourth-order valence-electron chi connectivity index (χ4n) is 5.00. The number of hydrogen-bond donors (Lipinski definition) is 1. The fraction of sp³-hybridized carbons (Fsp3) is 0.500. The Morgan fingerprint density at radius 2 is 1.85 bits per heavy atom. The summed E-state index contributed by atoms with van der Waals surface area (Å²) in [5.74, 6) is -0.275. The number of para-hydroxylation sites is 1. The van der Waals surface area contributed by atoms with Gasteiger partial charge in [0, 0.05) is 57.1 Å². The highest BCUT2D eigenvalue weighted by atomic mass is 19.4. The quantitative estimate of drug-likeness (QED) is 0.595. The van der Waals surface area contributed by atoms with E-state index in [1.54, 1.807) is 6.07 Å². The molecule has 0 saturated carbocycles. The molecular formula is C26H32F3N3O2. The van der Waals surface area contributed by atoms with Gasteiger partial charge in [-0.05, 0) is 55.0 Å². The topological polar surface area (TPSA) is 44.8 Å². The average molecular weight is 476 g/mol. The van der Waals surface area contributed by atoms with Gasteiger partial charge >= 0.3 is 12.1 Å². The number of halogens is 3. The predicted octanol–water partition coefficient (Wildman–Crippen LogP) is 4.56. The minimum absolute atomic E-state index is 0.275. The molecule has 0 radical (unpaired) electrons. The van der Waals surface area contributed by atoms with Crippen LogP contribution in [0.3, 0.4) is 0 Å². The van der Waals surface area contributed by atoms with Crippen LogP contribution in [0.2, 0.25) is 0 Å². The van der Waals surface area contributed by atoms with Crippen molar-refractivity contribution in [1.29, 1.82) is 0 Å². The molecule has 5 nitrogen and oxygen atoms in total. The number of hydrogen-bond acceptors (Lipinski definition) is 5. The molecule has 0 spiro atoms. The van der Waals surface area contributed by atoms with Gasteiger partial charge in [-0.15, -0.1) is 0 Å². The first-order valence-corrected chi connectivity index (χ1v) is 12.0. The molecule has 4 rings (SSSR count). The first-order chi connectivity index (χ1) is 16.3. The molecule has 0 aliphatic carbocycles. The Labute approximate surface area is 198 Å². The van der Waals surface area contributed by atoms with Gasteiger partial charge in [-0.2, -0.15) is 13.2 Å². The number of alkyl halides is 3. The molecule has 0 amide bonds. The van der Waals surface area contributed by atoms with Crippen LogP contribution in [0.1, 0.15) is 36.5 Å². The molecule has 2 aromatic rings. The van der Waals surface area contributed by atoms with Crippen molar-refractivity contribution in [3.05, 3.63) is 59.2 Å². The lowest BCUT2D eigenvalue weighted by Crippen LogP contribution is -2.52. The molecule has 8 heteroatoms. The molecule has 1 saturated heterocycles. The largest absolute Gasteiger partial charge is 0.465 e. The van der Waals surface area contributed by atoms with E-state index < -0.39 is 11.7 Å². The number of ether oxygens (including phenoxy) is 1. The van der Waals surface area contributed by atoms with Crippen LogP contribution in [0.15, 0.2) is 42.5 Å². The lowest BCUT2D eigenvalue weighted by atomic mass is 10.0. The normalized spacial score (nSPS) is 18.7. The first kappa shape index (κ1) is 24.5. The Morgan fingerprint density at radius 1 is 1.09 bits per heavy atom. The second-order valence-corrected chi connectivity index (χ2v) is 9.00. The molecule has 34 heavy (non-hydrogen) atoms. The number of nitrogens with one attached hydrogen (secondary N) is 1. The maximum absolute atomic E-state index is 13.5. The van der Waals surface area contributed by atoms with Gasteiger partial charge < -0.3 is 15.0 Å². The molecule has 1 fully saturated rings. The van der Waals surface area contributed by atoms with Gasteiger partial charge in [0.1, 0.15) is 6.61 Å². The third-order valence-electron chi connectivity index (χ3n) is 6.72. The lowest BCUT2D eigenvalue weighted by Gasteiger charge is -2.36. The fourth-order valence-corrected chi connectivity index (χ4v) is 5.00. The number of anilines is 2. The Hall–Kier alpha value is -2.58. The second kappa shape index (κ2) is 10.8. The zero-order valence-electron chi connectivity index (χ0n) is 19.5. The van der Waals surface area contributed by atoms with Gasteiger partial charge in [0.05, 0.1) is 5.56 Å². The number of esters is 1. The number of rotatable bonds is 7. The summed E-state index contributed by atoms with van der Waals surface area (Å²) in [4.78, 5) is 15.5. The van der Waals surface area contributed by atoms with Gasteiger partial charge in [-0.3, -0.25) is 9.69 Å². The van der Waals surface area contributed by atoms with Crippen LogP contribution in [-0.4, -0.2) is 56.2 Å². The standard InChI is InChI=1S/C26H32F3N3O2/c1-19(33)34-16-15-31-14-12-30-18-23(31)6-4-13-32-24-7-3-2-5-20(24)8-9-21-10-11-22(17-25(21)32)26(27,28)29/h2-3,5,7,10-11,17,23,30H,4,6,8-9,12-16,18H2,1H3. The van der Waals surface area contributed by atoms with Crippen molar-refractivity contribution in [3.63, 3.8) is 0 Å². The Balaban J connectivity index is 1.51. The molecule has 0 bridgehead atoms. The Morgan fingerprint density at radius 3 is 2.62 bits per heavy atom. The maximum atomic E-state index is 13.5. The molecule has 2 aliphatic rings. The molecular weight excluding hydrogens is 443 g/mol. The highest BCUT2D eigenvalue weighted by molar-refractivity contribution is 5.71. The van der Waals surface area contributed by atoms with E-state index in [1.165, 1.54) is 19.1 Å². The van der Waals surface area contributed by atoms with Crippen LogP contribution in [0.5, 0.6) is 0 Å². The van der Waals surface area contributed by atoms with Crippen molar-refractivity contribution in [2.24, 2.45) is 0 Å². The van der Waals surface area contributed by atoms with Gasteiger partial charge in [0.25, 0.3) is 0 Å². The van der Waals surface area contributed by atoms with E-state index >= 15 is 0 Å². The van der Waals surface area contributed by atoms with Gasteiger partial charge in [-0.1, -0.05) is 24.3 Å². The summed E-state index contributed by atoms with van der Waals surface area (Å²) in [6, 6.07) is 12.5. The van der Waals surface area contributed by atoms with Crippen molar-refractivity contribution in [1.82, 2.24) is 10.2 Å². The summed E-state index contributed by atoms with van der Waals surface area (Å²) in [6.07, 6.45) is -1.11. The van der Waals surface area contributed by atoms with Crippen LogP contribution in [0.4, 0.5) is 24.5 Å². The first-order valence-electron chi connectivity index (χ1n) is 12.0. The van der Waals surface area contributed by atoms with Crippen LogP contribution < -0.4 is 10.2 Å². The van der Waals surface area contributed by atoms with E-state index in [9.17, 15) is 18.0 Å². The van der Waals surface area contributed by atoms with E-state index in [0.717, 1.165) is 62.1 Å². The number of piperazine rings is 1. The van der Waals surface area contributed by atoms with E-state index in [1.807, 2.05) is 18.2 Å². The zero-order valence-corrected chi connectivity index (χ0v) is 19.5. The van der Waals surface area contributed by atoms with Crippen molar-refractivity contribution in [2.75, 3.05) is 44.2 Å². The number of nitrogens with zero attached hydrogens (tertiary/aromatic N) is 2. The van der Waals surface area contributed by atoms with Crippen LogP contribution in [0, 0.1) is 0 Å². The highest BCUT2D eigenvalue weighted by Gasteiger charge is 2.32. The van der Waals surface area contributed by atoms with Crippen LogP contribution in [-0.2, 0) is 28.5 Å². The van der Waals surface area contributed by atoms with Crippen molar-refractivity contribution in [2.45, 2.75) is 44.8 Å². The molecule has 1 atom stereocenters. The molecule has 184 valence electrons. The SMILES string of the molecule is CC(=O)OCCN1CCNCC1CCCN1c2ccccc2CCc2ccc(C(F)(F)F)cc21. The minimum atomic E-state index is -4.37. The van der Waals surface area contributed by atoms with E-state index in [2.05, 4.69) is 21.2 Å². The Bertz CT molecular complexity index is 995. The van der Waals surface area contributed by atoms with E-state index in [0.29, 0.717) is 31.4 Å². The summed E-state index contributed by atoms with van der Waals surface area (Å²) in [5.41, 5.74) is 3.16. The summed E-state index contributed by atoms with van der Waals surface area (Å²) < 4.78 is 45.7.